The summed E-state index contributed by atoms with van der Waals surface area (Å²) >= 11 is 0. The number of aliphatic hydroxyl groups is 1. The number of β-amino-alcohol motifs (C(OH)–C–C–N with tert-alkyl or cyclic N) is 1. The van der Waals surface area contributed by atoms with Gasteiger partial charge < -0.3 is 19.5 Å². The van der Waals surface area contributed by atoms with Crippen LogP contribution in [-0.2, 0) is 11.3 Å². The largest absolute Gasteiger partial charge is 0.474 e. The number of esters is 1. The smallest absolute Gasteiger partial charge is 0.338 e. The van der Waals surface area contributed by atoms with Gasteiger partial charge in [-0.3, -0.25) is 0 Å². The van der Waals surface area contributed by atoms with Crippen LogP contribution >= 0.6 is 0 Å². The highest BCUT2D eigenvalue weighted by Crippen LogP contribution is 2.31. The van der Waals surface area contributed by atoms with E-state index >= 15 is 4.39 Å². The Morgan fingerprint density at radius 1 is 1.35 bits per heavy atom. The highest BCUT2D eigenvalue weighted by atomic mass is 19.1. The third kappa shape index (κ3) is 4.53. The molecule has 2 aliphatic rings. The zero-order valence-corrected chi connectivity index (χ0v) is 17.3. The molecule has 0 radical (unpaired) electrons. The van der Waals surface area contributed by atoms with E-state index in [2.05, 4.69) is 4.98 Å². The van der Waals surface area contributed by atoms with Crippen LogP contribution in [0.4, 0.5) is 4.39 Å². The summed E-state index contributed by atoms with van der Waals surface area (Å²) in [7, 11) is 0. The first-order chi connectivity index (χ1) is 14.9. The molecular formula is C23H24FN3O4. The molecule has 0 bridgehead atoms. The Morgan fingerprint density at radius 3 is 2.81 bits per heavy atom. The third-order valence-corrected chi connectivity index (χ3v) is 6.09. The van der Waals surface area contributed by atoms with Crippen LogP contribution in [-0.4, -0.2) is 52.9 Å². The molecule has 0 spiro atoms. The Morgan fingerprint density at radius 2 is 2.13 bits per heavy atom. The van der Waals surface area contributed by atoms with Gasteiger partial charge in [-0.05, 0) is 43.0 Å². The highest BCUT2D eigenvalue weighted by molar-refractivity contribution is 5.93. The van der Waals surface area contributed by atoms with Crippen LogP contribution in [0.1, 0.15) is 51.6 Å². The van der Waals surface area contributed by atoms with Gasteiger partial charge in [0.15, 0.2) is 0 Å². The Kier molecular flexibility index (Phi) is 5.90. The van der Waals surface area contributed by atoms with Gasteiger partial charge in [-0.1, -0.05) is 6.07 Å². The lowest BCUT2D eigenvalue weighted by Gasteiger charge is -2.37. The summed E-state index contributed by atoms with van der Waals surface area (Å²) in [5.74, 6) is -0.0312. The molecule has 0 unspecified atom stereocenters. The fraction of sp³-hybridized carbons (Fsp3) is 0.435. The number of carbonyl (C=O) groups is 1. The lowest BCUT2D eigenvalue weighted by atomic mass is 9.92. The van der Waals surface area contributed by atoms with E-state index in [1.165, 1.54) is 6.20 Å². The van der Waals surface area contributed by atoms with Gasteiger partial charge in [0, 0.05) is 37.5 Å². The number of hydrogen-bond acceptors (Lipinski definition) is 7. The van der Waals surface area contributed by atoms with Crippen molar-refractivity contribution in [2.75, 3.05) is 26.2 Å². The van der Waals surface area contributed by atoms with Crippen LogP contribution < -0.4 is 4.74 Å². The second-order valence-electron chi connectivity index (χ2n) is 8.13. The zero-order chi connectivity index (χ0) is 22.0. The molecule has 8 heteroatoms. The van der Waals surface area contributed by atoms with Crippen molar-refractivity contribution in [3.8, 4) is 11.9 Å². The lowest BCUT2D eigenvalue weighted by Crippen LogP contribution is -2.46. The summed E-state index contributed by atoms with van der Waals surface area (Å²) in [4.78, 5) is 17.7. The van der Waals surface area contributed by atoms with Crippen molar-refractivity contribution in [1.82, 2.24) is 9.88 Å². The zero-order valence-electron chi connectivity index (χ0n) is 17.3. The molecule has 1 aromatic carbocycles. The van der Waals surface area contributed by atoms with Crippen molar-refractivity contribution < 1.29 is 23.8 Å². The van der Waals surface area contributed by atoms with Crippen LogP contribution in [0.2, 0.25) is 0 Å². The molecule has 1 saturated heterocycles. The third-order valence-electron chi connectivity index (χ3n) is 6.09. The van der Waals surface area contributed by atoms with E-state index in [1.807, 2.05) is 17.9 Å². The second kappa shape index (κ2) is 8.61. The van der Waals surface area contributed by atoms with Gasteiger partial charge in [0.1, 0.15) is 25.0 Å². The molecule has 3 heterocycles. The monoisotopic (exact) mass is 425 g/mol. The molecule has 1 atom stereocenters. The van der Waals surface area contributed by atoms with E-state index in [9.17, 15) is 9.90 Å². The van der Waals surface area contributed by atoms with Crippen molar-refractivity contribution in [2.45, 2.75) is 38.1 Å². The first-order valence-corrected chi connectivity index (χ1v) is 10.3. The van der Waals surface area contributed by atoms with Gasteiger partial charge in [0.2, 0.25) is 5.88 Å². The van der Waals surface area contributed by atoms with Crippen LogP contribution in [0, 0.1) is 18.3 Å². The van der Waals surface area contributed by atoms with E-state index < -0.39 is 11.8 Å². The maximum atomic E-state index is 15.1. The van der Waals surface area contributed by atoms with E-state index in [0.29, 0.717) is 49.5 Å². The number of pyridine rings is 1. The van der Waals surface area contributed by atoms with Crippen LogP contribution in [0.3, 0.4) is 0 Å². The minimum Gasteiger partial charge on any atom is -0.474 e. The number of aliphatic hydroxyl groups excluding tert-OH is 1. The molecule has 1 N–H and O–H groups in total. The van der Waals surface area contributed by atoms with Gasteiger partial charge in [-0.15, -0.1) is 0 Å². The maximum absolute atomic E-state index is 15.1. The number of carbonyl (C=O) groups excluding carboxylic acids is 1. The number of piperidine rings is 1. The van der Waals surface area contributed by atoms with E-state index in [0.717, 1.165) is 16.7 Å². The fourth-order valence-electron chi connectivity index (χ4n) is 4.09. The van der Waals surface area contributed by atoms with Crippen molar-refractivity contribution in [3.63, 3.8) is 0 Å². The Hall–Kier alpha value is -3.02. The molecule has 4 rings (SSSR count). The van der Waals surface area contributed by atoms with Crippen molar-refractivity contribution in [1.29, 1.82) is 5.26 Å². The molecular weight excluding hydrogens is 401 g/mol. The molecule has 31 heavy (non-hydrogen) atoms. The molecule has 7 nitrogen and oxygen atoms in total. The van der Waals surface area contributed by atoms with Gasteiger partial charge in [-0.25, -0.2) is 14.2 Å². The fourth-order valence-corrected chi connectivity index (χ4v) is 4.09. The van der Waals surface area contributed by atoms with Gasteiger partial charge in [-0.2, -0.15) is 5.26 Å². The number of nitriles is 1. The molecule has 0 aliphatic carbocycles. The molecule has 2 aliphatic heterocycles. The van der Waals surface area contributed by atoms with Crippen LogP contribution in [0.15, 0.2) is 30.5 Å². The minimum absolute atomic E-state index is 0.0970. The summed E-state index contributed by atoms with van der Waals surface area (Å²) in [5.41, 5.74) is 1.99. The number of aromatic nitrogens is 1. The van der Waals surface area contributed by atoms with Gasteiger partial charge in [0.25, 0.3) is 0 Å². The number of benzene rings is 1. The highest BCUT2D eigenvalue weighted by Gasteiger charge is 2.36. The maximum Gasteiger partial charge on any atom is 0.338 e. The number of fused-ring (bicyclic) bond motifs is 1. The quantitative estimate of drug-likeness (QED) is 0.711. The number of likely N-dealkylation sites (tertiary alicyclic amines) is 1. The molecule has 1 aromatic heterocycles. The number of nitrogens with zero attached hydrogens (tertiary/aromatic N) is 3. The molecule has 1 fully saturated rings. The Bertz CT molecular complexity index is 1010. The standard InChI is InChI=1S/C23H24FN3O4/c1-15-17(3-4-18-19(15)13-30-22(18)29)20(28)12-27-8-6-23(24,7-9-27)14-31-21-5-2-16(10-25)11-26-21/h2-5,11,20,28H,6-9,12-14H2,1H3/t20-/m0/s1. The number of cyclic esters (lactones) is 1. The predicted octanol–water partition coefficient (Wildman–Crippen LogP) is 2.85. The molecule has 0 saturated carbocycles. The minimum atomic E-state index is -1.46. The normalized spacial score (nSPS) is 18.7. The number of rotatable bonds is 6. The number of hydrogen-bond donors (Lipinski definition) is 1. The molecule has 0 amide bonds. The first-order valence-electron chi connectivity index (χ1n) is 10.3. The number of halogens is 1. The molecule has 2 aromatic rings. The Balaban J connectivity index is 1.30. The van der Waals surface area contributed by atoms with E-state index in [1.54, 1.807) is 24.3 Å². The number of ether oxygens (including phenoxy) is 2. The van der Waals surface area contributed by atoms with Gasteiger partial charge in [0.05, 0.1) is 17.2 Å². The van der Waals surface area contributed by atoms with Crippen molar-refractivity contribution in [3.05, 3.63) is 58.3 Å². The summed E-state index contributed by atoms with van der Waals surface area (Å²) in [5, 5.41) is 19.6. The average Bonchev–Trinajstić information content (AvgIpc) is 3.16. The topological polar surface area (TPSA) is 95.7 Å². The van der Waals surface area contributed by atoms with Gasteiger partial charge >= 0.3 is 5.97 Å². The summed E-state index contributed by atoms with van der Waals surface area (Å²) in [6, 6.07) is 8.59. The lowest BCUT2D eigenvalue weighted by molar-refractivity contribution is 0.00257. The SMILES string of the molecule is Cc1c([C@@H](O)CN2CCC(F)(COc3ccc(C#N)cn3)CC2)ccc2c1COC2=O. The van der Waals surface area contributed by atoms with Crippen LogP contribution in [0.25, 0.3) is 0 Å². The first kappa shape index (κ1) is 21.2. The number of alkyl halides is 1. The summed E-state index contributed by atoms with van der Waals surface area (Å²) in [6.07, 6.45) is 1.25. The summed E-state index contributed by atoms with van der Waals surface area (Å²) in [6.45, 7) is 3.43. The predicted molar refractivity (Wildman–Crippen MR) is 109 cm³/mol. The van der Waals surface area contributed by atoms with Crippen molar-refractivity contribution >= 4 is 5.97 Å². The summed E-state index contributed by atoms with van der Waals surface area (Å²) < 4.78 is 25.7. The second-order valence-corrected chi connectivity index (χ2v) is 8.13. The average molecular weight is 425 g/mol. The molecule has 162 valence electrons. The van der Waals surface area contributed by atoms with Crippen molar-refractivity contribution in [2.24, 2.45) is 0 Å². The van der Waals surface area contributed by atoms with E-state index in [-0.39, 0.29) is 19.2 Å². The van der Waals surface area contributed by atoms with E-state index in [4.69, 9.17) is 14.7 Å². The Labute approximate surface area is 180 Å². The van der Waals surface area contributed by atoms with Crippen LogP contribution in [0.5, 0.6) is 5.88 Å².